The first-order chi connectivity index (χ1) is 11.1. The molecule has 0 heterocycles. The molecule has 0 aliphatic heterocycles. The van der Waals surface area contributed by atoms with Crippen molar-refractivity contribution in [3.05, 3.63) is 53.6 Å². The van der Waals surface area contributed by atoms with Crippen LogP contribution in [0, 0.1) is 12.3 Å². The molecule has 0 aromatic heterocycles. The average molecular weight is 327 g/mol. The van der Waals surface area contributed by atoms with Crippen LogP contribution < -0.4 is 0 Å². The number of hydrogen-bond acceptors (Lipinski definition) is 1. The molecule has 132 valence electrons. The number of phenols is 1. The van der Waals surface area contributed by atoms with Crippen LogP contribution in [0.25, 0.3) is 11.1 Å². The molecule has 2 rings (SSSR count). The maximum absolute atomic E-state index is 10.5. The third-order valence-electron chi connectivity index (χ3n) is 4.08. The van der Waals surface area contributed by atoms with Crippen LogP contribution in [0.15, 0.2) is 42.5 Å². The molecule has 2 aromatic rings. The summed E-state index contributed by atoms with van der Waals surface area (Å²) in [5.41, 5.74) is 4.66. The van der Waals surface area contributed by atoms with Crippen LogP contribution in [0.4, 0.5) is 0 Å². The number of aromatic hydroxyl groups is 1. The first kappa shape index (κ1) is 20.3. The van der Waals surface area contributed by atoms with Gasteiger partial charge < -0.3 is 5.11 Å². The van der Waals surface area contributed by atoms with Crippen LogP contribution >= 0.6 is 0 Å². The second-order valence-electron chi connectivity index (χ2n) is 8.22. The lowest BCUT2D eigenvalue weighted by Crippen LogP contribution is -2.24. The molecule has 0 fully saturated rings. The van der Waals surface area contributed by atoms with E-state index < -0.39 is 0 Å². The van der Waals surface area contributed by atoms with Crippen molar-refractivity contribution >= 4 is 0 Å². The standard InChI is InChI=1S/C21H28O.C2H6/c1-15-8-7-9-16(12-15)18-11-10-17(13-19(18)22)21(5,6)14-20(2,3)4;1-2/h7-13,22H,14H2,1-6H3;1-2H3. The van der Waals surface area contributed by atoms with Gasteiger partial charge >= 0.3 is 0 Å². The lowest BCUT2D eigenvalue weighted by molar-refractivity contribution is 0.283. The predicted molar refractivity (Wildman–Crippen MR) is 107 cm³/mol. The maximum atomic E-state index is 10.5. The van der Waals surface area contributed by atoms with Crippen molar-refractivity contribution in [3.63, 3.8) is 0 Å². The highest BCUT2D eigenvalue weighted by Gasteiger charge is 2.27. The maximum Gasteiger partial charge on any atom is 0.123 e. The van der Waals surface area contributed by atoms with E-state index in [9.17, 15) is 5.11 Å². The lowest BCUT2D eigenvalue weighted by Gasteiger charge is -2.33. The van der Waals surface area contributed by atoms with Crippen molar-refractivity contribution in [2.24, 2.45) is 5.41 Å². The summed E-state index contributed by atoms with van der Waals surface area (Å²) < 4.78 is 0. The molecule has 0 amide bonds. The van der Waals surface area contributed by atoms with Gasteiger partial charge in [0.25, 0.3) is 0 Å². The second kappa shape index (κ2) is 7.88. The fourth-order valence-corrected chi connectivity index (χ4v) is 3.44. The van der Waals surface area contributed by atoms with Gasteiger partial charge in [-0.15, -0.1) is 0 Å². The highest BCUT2D eigenvalue weighted by molar-refractivity contribution is 5.71. The molecule has 24 heavy (non-hydrogen) atoms. The number of phenolic OH excluding ortho intramolecular Hbond substituents is 1. The van der Waals surface area contributed by atoms with Gasteiger partial charge in [0.2, 0.25) is 0 Å². The molecule has 1 N–H and O–H groups in total. The number of benzene rings is 2. The summed E-state index contributed by atoms with van der Waals surface area (Å²) in [5, 5.41) is 10.5. The van der Waals surface area contributed by atoms with Gasteiger partial charge in [0.15, 0.2) is 0 Å². The summed E-state index contributed by atoms with van der Waals surface area (Å²) in [6.45, 7) is 17.3. The number of aryl methyl sites for hydroxylation is 1. The number of hydrogen-bond donors (Lipinski definition) is 1. The lowest BCUT2D eigenvalue weighted by atomic mass is 9.72. The predicted octanol–water partition coefficient (Wildman–Crippen LogP) is 7.11. The normalized spacial score (nSPS) is 11.7. The Labute approximate surface area is 148 Å². The molecule has 0 bridgehead atoms. The first-order valence-corrected chi connectivity index (χ1v) is 8.99. The minimum absolute atomic E-state index is 0.0425. The molecule has 1 nitrogen and oxygen atoms in total. The van der Waals surface area contributed by atoms with E-state index in [1.807, 2.05) is 38.1 Å². The Morgan fingerprint density at radius 2 is 1.50 bits per heavy atom. The molecule has 0 unspecified atom stereocenters. The monoisotopic (exact) mass is 326 g/mol. The van der Waals surface area contributed by atoms with Crippen LogP contribution in [0.1, 0.15) is 66.0 Å². The van der Waals surface area contributed by atoms with Crippen molar-refractivity contribution in [1.82, 2.24) is 0 Å². The molecule has 0 atom stereocenters. The molecule has 2 aromatic carbocycles. The summed E-state index contributed by atoms with van der Waals surface area (Å²) in [5.74, 6) is 0.366. The zero-order valence-corrected chi connectivity index (χ0v) is 16.7. The first-order valence-electron chi connectivity index (χ1n) is 8.99. The minimum atomic E-state index is 0.0425. The van der Waals surface area contributed by atoms with Gasteiger partial charge in [-0.1, -0.05) is 90.4 Å². The smallest absolute Gasteiger partial charge is 0.123 e. The van der Waals surface area contributed by atoms with Crippen LogP contribution in [-0.4, -0.2) is 5.11 Å². The van der Waals surface area contributed by atoms with Gasteiger partial charge in [0, 0.05) is 5.56 Å². The van der Waals surface area contributed by atoms with Crippen molar-refractivity contribution in [2.75, 3.05) is 0 Å². The molecule has 0 saturated heterocycles. The third kappa shape index (κ3) is 5.40. The van der Waals surface area contributed by atoms with Gasteiger partial charge in [0.05, 0.1) is 0 Å². The minimum Gasteiger partial charge on any atom is -0.507 e. The van der Waals surface area contributed by atoms with Crippen LogP contribution in [0.5, 0.6) is 5.75 Å². The van der Waals surface area contributed by atoms with E-state index in [2.05, 4.69) is 59.7 Å². The molecule has 1 heteroatoms. The number of rotatable bonds is 3. The topological polar surface area (TPSA) is 20.2 Å². The molecule has 0 saturated carbocycles. The fraction of sp³-hybridized carbons (Fsp3) is 0.478. The quantitative estimate of drug-likeness (QED) is 0.637. The Hall–Kier alpha value is -1.76. The van der Waals surface area contributed by atoms with Gasteiger partial charge in [-0.05, 0) is 41.4 Å². The zero-order chi connectivity index (χ0) is 18.5. The van der Waals surface area contributed by atoms with E-state index in [1.165, 1.54) is 11.1 Å². The summed E-state index contributed by atoms with van der Waals surface area (Å²) in [6, 6.07) is 14.4. The molecule has 0 spiro atoms. The molecule has 0 radical (unpaired) electrons. The summed E-state index contributed by atoms with van der Waals surface area (Å²) in [7, 11) is 0. The van der Waals surface area contributed by atoms with E-state index in [1.54, 1.807) is 0 Å². The Bertz CT molecular complexity index is 660. The highest BCUT2D eigenvalue weighted by atomic mass is 16.3. The van der Waals surface area contributed by atoms with Crippen molar-refractivity contribution in [3.8, 4) is 16.9 Å². The van der Waals surface area contributed by atoms with E-state index in [-0.39, 0.29) is 10.8 Å². The fourth-order valence-electron chi connectivity index (χ4n) is 3.44. The second-order valence-corrected chi connectivity index (χ2v) is 8.22. The van der Waals surface area contributed by atoms with Gasteiger partial charge in [-0.2, -0.15) is 0 Å². The van der Waals surface area contributed by atoms with Crippen LogP contribution in [0.3, 0.4) is 0 Å². The third-order valence-corrected chi connectivity index (χ3v) is 4.08. The molecular formula is C23H34O. The van der Waals surface area contributed by atoms with E-state index in [0.717, 1.165) is 17.5 Å². The summed E-state index contributed by atoms with van der Waals surface area (Å²) in [6.07, 6.45) is 1.07. The zero-order valence-electron chi connectivity index (χ0n) is 16.7. The Kier molecular flexibility index (Phi) is 6.66. The molecule has 0 aliphatic rings. The van der Waals surface area contributed by atoms with E-state index in [4.69, 9.17) is 0 Å². The average Bonchev–Trinajstić information content (AvgIpc) is 2.46. The van der Waals surface area contributed by atoms with Crippen LogP contribution in [-0.2, 0) is 5.41 Å². The van der Waals surface area contributed by atoms with E-state index in [0.29, 0.717) is 5.75 Å². The van der Waals surface area contributed by atoms with Gasteiger partial charge in [-0.3, -0.25) is 0 Å². The highest BCUT2D eigenvalue weighted by Crippen LogP contribution is 2.39. The van der Waals surface area contributed by atoms with Crippen molar-refractivity contribution < 1.29 is 5.11 Å². The summed E-state index contributed by atoms with van der Waals surface area (Å²) >= 11 is 0. The molecular weight excluding hydrogens is 292 g/mol. The summed E-state index contributed by atoms with van der Waals surface area (Å²) in [4.78, 5) is 0. The largest absolute Gasteiger partial charge is 0.507 e. The Morgan fingerprint density at radius 1 is 0.875 bits per heavy atom. The van der Waals surface area contributed by atoms with Gasteiger partial charge in [0.1, 0.15) is 5.75 Å². The van der Waals surface area contributed by atoms with Gasteiger partial charge in [-0.25, -0.2) is 0 Å². The SMILES string of the molecule is CC.Cc1cccc(-c2ccc(C(C)(C)CC(C)(C)C)cc2O)c1. The molecule has 0 aliphatic carbocycles. The van der Waals surface area contributed by atoms with Crippen LogP contribution in [0.2, 0.25) is 0 Å². The van der Waals surface area contributed by atoms with E-state index >= 15 is 0 Å². The Balaban J connectivity index is 0.00000139. The Morgan fingerprint density at radius 3 is 2.00 bits per heavy atom. The van der Waals surface area contributed by atoms with Crippen molar-refractivity contribution in [2.45, 2.75) is 67.2 Å². The van der Waals surface area contributed by atoms with Crippen molar-refractivity contribution in [1.29, 1.82) is 0 Å².